The monoisotopic (exact) mass is 578 g/mol. The van der Waals surface area contributed by atoms with Crippen molar-refractivity contribution in [2.24, 2.45) is 0 Å². The Morgan fingerprint density at radius 1 is 0.927 bits per heavy atom. The number of carbonyl (C=O) groups is 2. The quantitative estimate of drug-likeness (QED) is 0.211. The van der Waals surface area contributed by atoms with Crippen LogP contribution in [0.4, 0.5) is 13.2 Å². The molecule has 0 bridgehead atoms. The molecule has 2 N–H and O–H groups in total. The Kier molecular flexibility index (Phi) is 6.81. The summed E-state index contributed by atoms with van der Waals surface area (Å²) in [5.74, 6) is -1.87. The number of alkyl halides is 3. The van der Waals surface area contributed by atoms with E-state index in [9.17, 15) is 33.0 Å². The number of rotatable bonds is 6. The maximum absolute atomic E-state index is 13.0. The Hall–Kier alpha value is -4.18. The molecule has 0 radical (unpaired) electrons. The van der Waals surface area contributed by atoms with Crippen LogP contribution in [0.2, 0.25) is 0 Å². The van der Waals surface area contributed by atoms with Crippen LogP contribution in [0.15, 0.2) is 60.7 Å². The summed E-state index contributed by atoms with van der Waals surface area (Å²) in [6.45, 7) is -0.308. The van der Waals surface area contributed by atoms with Crippen molar-refractivity contribution in [3.63, 3.8) is 0 Å². The van der Waals surface area contributed by atoms with Gasteiger partial charge >= 0.3 is 18.1 Å². The number of hydrogen-bond donors (Lipinski definition) is 2. The fourth-order valence-electron chi connectivity index (χ4n) is 5.90. The molecule has 1 fully saturated rings. The van der Waals surface area contributed by atoms with Gasteiger partial charge in [-0.25, -0.2) is 9.78 Å². The lowest BCUT2D eigenvalue weighted by molar-refractivity contribution is -0.138. The first-order valence-corrected chi connectivity index (χ1v) is 14.1. The molecule has 0 unspecified atom stereocenters. The molecule has 5 aromatic rings. The van der Waals surface area contributed by atoms with Gasteiger partial charge in [-0.1, -0.05) is 43.5 Å². The summed E-state index contributed by atoms with van der Waals surface area (Å²) in [5.41, 5.74) is 4.24. The van der Waals surface area contributed by atoms with Crippen LogP contribution in [0.1, 0.15) is 58.8 Å². The number of carboxylic acids is 2. The third-order valence-electron chi connectivity index (χ3n) is 7.76. The van der Waals surface area contributed by atoms with Crippen molar-refractivity contribution in [1.82, 2.24) is 9.55 Å². The highest BCUT2D eigenvalue weighted by Gasteiger charge is 2.31. The van der Waals surface area contributed by atoms with Crippen LogP contribution in [-0.2, 0) is 17.5 Å². The second-order valence-electron chi connectivity index (χ2n) is 10.4. The first kappa shape index (κ1) is 27.0. The number of halogens is 3. The van der Waals surface area contributed by atoms with Crippen LogP contribution >= 0.6 is 11.3 Å². The number of aromatic nitrogens is 2. The summed E-state index contributed by atoms with van der Waals surface area (Å²) in [5, 5.41) is 20.3. The molecule has 2 aromatic carbocycles. The molecule has 0 aliphatic heterocycles. The molecule has 0 spiro atoms. The zero-order valence-electron chi connectivity index (χ0n) is 21.7. The summed E-state index contributed by atoms with van der Waals surface area (Å²) in [6.07, 6.45) is 0.738. The van der Waals surface area contributed by atoms with Gasteiger partial charge in [0.05, 0.1) is 32.7 Å². The first-order valence-electron chi connectivity index (χ1n) is 13.3. The van der Waals surface area contributed by atoms with Gasteiger partial charge in [-0.3, -0.25) is 4.79 Å². The van der Waals surface area contributed by atoms with Crippen LogP contribution in [0.3, 0.4) is 0 Å². The molecule has 6 nitrogen and oxygen atoms in total. The Balaban J connectivity index is 1.48. The summed E-state index contributed by atoms with van der Waals surface area (Å²) < 4.78 is 41.5. The number of carboxylic acid groups (broad SMARTS) is 2. The van der Waals surface area contributed by atoms with Crippen LogP contribution in [-0.4, -0.2) is 31.7 Å². The Morgan fingerprint density at radius 2 is 1.63 bits per heavy atom. The Bertz CT molecular complexity index is 1800. The van der Waals surface area contributed by atoms with Crippen molar-refractivity contribution >= 4 is 44.4 Å². The lowest BCUT2D eigenvalue weighted by Gasteiger charge is -2.23. The molecular formula is C31H25F3N2O4S. The molecule has 41 heavy (non-hydrogen) atoms. The molecule has 1 aliphatic rings. The van der Waals surface area contributed by atoms with Crippen molar-refractivity contribution in [3.05, 3.63) is 76.7 Å². The Morgan fingerprint density at radius 3 is 2.29 bits per heavy atom. The number of benzene rings is 2. The average molecular weight is 579 g/mol. The molecule has 1 saturated carbocycles. The van der Waals surface area contributed by atoms with Gasteiger partial charge in [0.25, 0.3) is 0 Å². The van der Waals surface area contributed by atoms with Gasteiger partial charge in [0.1, 0.15) is 11.4 Å². The van der Waals surface area contributed by atoms with Crippen LogP contribution in [0.25, 0.3) is 43.6 Å². The third kappa shape index (κ3) is 5.08. The van der Waals surface area contributed by atoms with Gasteiger partial charge in [0, 0.05) is 10.9 Å². The van der Waals surface area contributed by atoms with Gasteiger partial charge in [-0.15, -0.1) is 11.3 Å². The van der Waals surface area contributed by atoms with Gasteiger partial charge in [0.2, 0.25) is 0 Å². The molecule has 3 heterocycles. The van der Waals surface area contributed by atoms with E-state index in [1.807, 2.05) is 24.3 Å². The minimum Gasteiger partial charge on any atom is -0.480 e. The van der Waals surface area contributed by atoms with Crippen LogP contribution in [0, 0.1) is 0 Å². The second-order valence-corrected chi connectivity index (χ2v) is 11.4. The maximum Gasteiger partial charge on any atom is 0.416 e. The SMILES string of the molecule is O=C(O)Cn1c(-c2ccc3nc(-c4ccc(C(F)(F)F)cc4)ccc3c2)c(C2CCCCC2)c2sc(C(=O)O)cc21. The molecular weight excluding hydrogens is 553 g/mol. The lowest BCUT2D eigenvalue weighted by atomic mass is 9.83. The predicted octanol–water partition coefficient (Wildman–Crippen LogP) is 8.43. The second kappa shape index (κ2) is 10.3. The first-order chi connectivity index (χ1) is 19.6. The topological polar surface area (TPSA) is 92.4 Å². The zero-order chi connectivity index (χ0) is 28.9. The van der Waals surface area contributed by atoms with Crippen molar-refractivity contribution in [1.29, 1.82) is 0 Å². The minimum absolute atomic E-state index is 0.177. The predicted molar refractivity (Wildman–Crippen MR) is 151 cm³/mol. The number of thiophene rings is 1. The van der Waals surface area contributed by atoms with E-state index >= 15 is 0 Å². The molecule has 3 aromatic heterocycles. The number of hydrogen-bond acceptors (Lipinski definition) is 4. The van der Waals surface area contributed by atoms with Gasteiger partial charge in [0.15, 0.2) is 0 Å². The molecule has 10 heteroatoms. The molecule has 0 amide bonds. The normalized spacial score (nSPS) is 14.6. The smallest absolute Gasteiger partial charge is 0.416 e. The van der Waals surface area contributed by atoms with E-state index < -0.39 is 23.7 Å². The average Bonchev–Trinajstić information content (AvgIpc) is 3.51. The zero-order valence-corrected chi connectivity index (χ0v) is 22.6. The highest BCUT2D eigenvalue weighted by atomic mass is 32.1. The van der Waals surface area contributed by atoms with E-state index in [1.54, 1.807) is 16.7 Å². The summed E-state index contributed by atoms with van der Waals surface area (Å²) in [6, 6.07) is 15.7. The van der Waals surface area contributed by atoms with Crippen molar-refractivity contribution in [2.75, 3.05) is 0 Å². The van der Waals surface area contributed by atoms with Gasteiger partial charge in [-0.05, 0) is 66.3 Å². The van der Waals surface area contributed by atoms with Crippen LogP contribution in [0.5, 0.6) is 0 Å². The lowest BCUT2D eigenvalue weighted by Crippen LogP contribution is -2.12. The highest BCUT2D eigenvalue weighted by molar-refractivity contribution is 7.21. The van der Waals surface area contributed by atoms with E-state index in [-0.39, 0.29) is 17.3 Å². The molecule has 0 atom stereocenters. The van der Waals surface area contributed by atoms with Crippen LogP contribution < -0.4 is 0 Å². The summed E-state index contributed by atoms with van der Waals surface area (Å²) in [7, 11) is 0. The number of nitrogens with zero attached hydrogens (tertiary/aromatic N) is 2. The number of aromatic carboxylic acids is 1. The fourth-order valence-corrected chi connectivity index (χ4v) is 7.02. The summed E-state index contributed by atoms with van der Waals surface area (Å²) in [4.78, 5) is 28.6. The van der Waals surface area contributed by atoms with E-state index in [1.165, 1.54) is 23.5 Å². The van der Waals surface area contributed by atoms with E-state index in [2.05, 4.69) is 4.98 Å². The molecule has 210 valence electrons. The number of fused-ring (bicyclic) bond motifs is 2. The van der Waals surface area contributed by atoms with E-state index in [0.29, 0.717) is 22.3 Å². The Labute approximate surface area is 236 Å². The largest absolute Gasteiger partial charge is 0.480 e. The van der Waals surface area contributed by atoms with E-state index in [0.717, 1.165) is 71.1 Å². The summed E-state index contributed by atoms with van der Waals surface area (Å²) >= 11 is 1.19. The van der Waals surface area contributed by atoms with Gasteiger partial charge in [-0.2, -0.15) is 13.2 Å². The standard InChI is InChI=1S/C31H25F3N2O4S/c32-31(33,34)21-10-6-17(7-11-21)22-12-8-19-14-20(9-13-23(19)35-22)28-27(18-4-2-1-3-5-18)29-24(36(28)16-26(37)38)15-25(41-29)30(39)40/h6-15,18H,1-5,16H2,(H,37,38)(H,39,40). The highest BCUT2D eigenvalue weighted by Crippen LogP contribution is 2.47. The molecule has 1 aliphatic carbocycles. The van der Waals surface area contributed by atoms with Gasteiger partial charge < -0.3 is 14.8 Å². The van der Waals surface area contributed by atoms with E-state index in [4.69, 9.17) is 0 Å². The molecule has 0 saturated heterocycles. The fraction of sp³-hybridized carbons (Fsp3) is 0.258. The van der Waals surface area contributed by atoms with Crippen molar-refractivity contribution < 1.29 is 33.0 Å². The van der Waals surface area contributed by atoms with Crippen molar-refractivity contribution in [2.45, 2.75) is 50.7 Å². The third-order valence-corrected chi connectivity index (χ3v) is 8.91. The number of pyridine rings is 1. The minimum atomic E-state index is -4.41. The maximum atomic E-state index is 13.0. The van der Waals surface area contributed by atoms with Crippen molar-refractivity contribution in [3.8, 4) is 22.5 Å². The molecule has 6 rings (SSSR count). The number of aliphatic carboxylic acids is 1.